The Hall–Kier alpha value is -0.630. The fourth-order valence-electron chi connectivity index (χ4n) is 1.01. The maximum absolute atomic E-state index is 11.3. The van der Waals surface area contributed by atoms with Gasteiger partial charge in [0.2, 0.25) is 0 Å². The standard InChI is InChI=1S/C9H12OS/c1-3-4-9(10)8-6-11-5-7(8)2/h5-6H,3-4H2,1-2H3. The van der Waals surface area contributed by atoms with E-state index in [9.17, 15) is 4.79 Å². The molecular formula is C9H12OS. The van der Waals surface area contributed by atoms with Gasteiger partial charge >= 0.3 is 0 Å². The van der Waals surface area contributed by atoms with Crippen molar-refractivity contribution < 1.29 is 4.79 Å². The van der Waals surface area contributed by atoms with Crippen LogP contribution in [0.15, 0.2) is 10.8 Å². The van der Waals surface area contributed by atoms with E-state index in [0.717, 1.165) is 17.5 Å². The Morgan fingerprint density at radius 2 is 2.27 bits per heavy atom. The van der Waals surface area contributed by atoms with Crippen LogP contribution in [0.3, 0.4) is 0 Å². The molecule has 0 radical (unpaired) electrons. The highest BCUT2D eigenvalue weighted by molar-refractivity contribution is 7.08. The van der Waals surface area contributed by atoms with Crippen molar-refractivity contribution in [3.05, 3.63) is 21.9 Å². The van der Waals surface area contributed by atoms with Gasteiger partial charge in [0.25, 0.3) is 0 Å². The highest BCUT2D eigenvalue weighted by Crippen LogP contribution is 2.15. The molecule has 0 aliphatic carbocycles. The average Bonchev–Trinajstić information content (AvgIpc) is 2.36. The van der Waals surface area contributed by atoms with Crippen LogP contribution in [0, 0.1) is 6.92 Å². The quantitative estimate of drug-likeness (QED) is 0.634. The third kappa shape index (κ3) is 1.90. The highest BCUT2D eigenvalue weighted by atomic mass is 32.1. The minimum atomic E-state index is 0.284. The van der Waals surface area contributed by atoms with Crippen LogP contribution >= 0.6 is 11.3 Å². The molecule has 0 spiro atoms. The second-order valence-electron chi connectivity index (χ2n) is 2.64. The number of hydrogen-bond acceptors (Lipinski definition) is 2. The van der Waals surface area contributed by atoms with E-state index in [2.05, 4.69) is 0 Å². The highest BCUT2D eigenvalue weighted by Gasteiger charge is 2.07. The third-order valence-corrected chi connectivity index (χ3v) is 2.49. The molecule has 0 amide bonds. The molecule has 1 nitrogen and oxygen atoms in total. The Labute approximate surface area is 71.1 Å². The second kappa shape index (κ2) is 3.67. The lowest BCUT2D eigenvalue weighted by atomic mass is 10.1. The van der Waals surface area contributed by atoms with Gasteiger partial charge in [0.15, 0.2) is 5.78 Å². The summed E-state index contributed by atoms with van der Waals surface area (Å²) >= 11 is 1.60. The van der Waals surface area contributed by atoms with Crippen LogP contribution in [0.25, 0.3) is 0 Å². The molecule has 1 aromatic heterocycles. The summed E-state index contributed by atoms with van der Waals surface area (Å²) in [5.74, 6) is 0.284. The van der Waals surface area contributed by atoms with E-state index in [1.165, 1.54) is 0 Å². The summed E-state index contributed by atoms with van der Waals surface area (Å²) in [5.41, 5.74) is 2.03. The minimum Gasteiger partial charge on any atom is -0.294 e. The van der Waals surface area contributed by atoms with Crippen molar-refractivity contribution in [2.24, 2.45) is 0 Å². The smallest absolute Gasteiger partial charge is 0.163 e. The van der Waals surface area contributed by atoms with E-state index in [1.807, 2.05) is 24.6 Å². The summed E-state index contributed by atoms with van der Waals surface area (Å²) in [7, 11) is 0. The van der Waals surface area contributed by atoms with Crippen LogP contribution in [-0.4, -0.2) is 5.78 Å². The Kier molecular flexibility index (Phi) is 2.83. The van der Waals surface area contributed by atoms with Crippen molar-refractivity contribution in [2.45, 2.75) is 26.7 Å². The molecule has 0 fully saturated rings. The monoisotopic (exact) mass is 168 g/mol. The van der Waals surface area contributed by atoms with Crippen LogP contribution in [0.2, 0.25) is 0 Å². The zero-order valence-electron chi connectivity index (χ0n) is 6.89. The molecule has 60 valence electrons. The van der Waals surface area contributed by atoms with Crippen LogP contribution in [-0.2, 0) is 0 Å². The van der Waals surface area contributed by atoms with Crippen LogP contribution < -0.4 is 0 Å². The Morgan fingerprint density at radius 3 is 2.73 bits per heavy atom. The lowest BCUT2D eigenvalue weighted by Gasteiger charge is -1.95. The lowest BCUT2D eigenvalue weighted by molar-refractivity contribution is 0.0981. The molecule has 0 saturated heterocycles. The summed E-state index contributed by atoms with van der Waals surface area (Å²) in [4.78, 5) is 11.3. The van der Waals surface area contributed by atoms with Crippen molar-refractivity contribution in [1.29, 1.82) is 0 Å². The van der Waals surface area contributed by atoms with Crippen molar-refractivity contribution >= 4 is 17.1 Å². The molecule has 2 heteroatoms. The average molecular weight is 168 g/mol. The van der Waals surface area contributed by atoms with Gasteiger partial charge in [-0.05, 0) is 24.3 Å². The topological polar surface area (TPSA) is 17.1 Å². The number of rotatable bonds is 3. The largest absolute Gasteiger partial charge is 0.294 e. The fraction of sp³-hybridized carbons (Fsp3) is 0.444. The Balaban J connectivity index is 2.76. The predicted octanol–water partition coefficient (Wildman–Crippen LogP) is 3.04. The van der Waals surface area contributed by atoms with Gasteiger partial charge in [0, 0.05) is 17.4 Å². The van der Waals surface area contributed by atoms with E-state index < -0.39 is 0 Å². The molecule has 0 aromatic carbocycles. The van der Waals surface area contributed by atoms with E-state index in [4.69, 9.17) is 0 Å². The SMILES string of the molecule is CCCC(=O)c1cscc1C. The number of Topliss-reactive ketones (excluding diaryl/α,β-unsaturated/α-hetero) is 1. The van der Waals surface area contributed by atoms with Gasteiger partial charge in [-0.2, -0.15) is 11.3 Å². The van der Waals surface area contributed by atoms with Crippen molar-refractivity contribution in [3.8, 4) is 0 Å². The fourth-order valence-corrected chi connectivity index (χ4v) is 1.86. The molecule has 0 atom stereocenters. The van der Waals surface area contributed by atoms with E-state index in [1.54, 1.807) is 11.3 Å². The number of ketones is 1. The zero-order valence-corrected chi connectivity index (χ0v) is 7.70. The first-order chi connectivity index (χ1) is 5.25. The predicted molar refractivity (Wildman–Crippen MR) is 48.3 cm³/mol. The van der Waals surface area contributed by atoms with Crippen LogP contribution in [0.1, 0.15) is 35.7 Å². The molecule has 1 aromatic rings. The summed E-state index contributed by atoms with van der Waals surface area (Å²) in [6.45, 7) is 4.01. The van der Waals surface area contributed by atoms with E-state index in [0.29, 0.717) is 6.42 Å². The van der Waals surface area contributed by atoms with Gasteiger partial charge in [-0.15, -0.1) is 0 Å². The first-order valence-corrected chi connectivity index (χ1v) is 4.76. The van der Waals surface area contributed by atoms with Gasteiger partial charge in [-0.3, -0.25) is 4.79 Å². The number of hydrogen-bond donors (Lipinski definition) is 0. The number of carbonyl (C=O) groups excluding carboxylic acids is 1. The summed E-state index contributed by atoms with van der Waals surface area (Å²) in [6.07, 6.45) is 1.62. The first kappa shape index (κ1) is 8.47. The Bertz CT molecular complexity index is 250. The maximum atomic E-state index is 11.3. The number of aryl methyl sites for hydroxylation is 1. The van der Waals surface area contributed by atoms with Crippen molar-refractivity contribution in [1.82, 2.24) is 0 Å². The molecular weight excluding hydrogens is 156 g/mol. The molecule has 0 aliphatic heterocycles. The Morgan fingerprint density at radius 1 is 1.55 bits per heavy atom. The van der Waals surface area contributed by atoms with Crippen molar-refractivity contribution in [2.75, 3.05) is 0 Å². The molecule has 0 unspecified atom stereocenters. The van der Waals surface area contributed by atoms with Gasteiger partial charge in [0.1, 0.15) is 0 Å². The van der Waals surface area contributed by atoms with Crippen LogP contribution in [0.4, 0.5) is 0 Å². The normalized spacial score (nSPS) is 10.0. The molecule has 0 saturated carbocycles. The van der Waals surface area contributed by atoms with E-state index in [-0.39, 0.29) is 5.78 Å². The van der Waals surface area contributed by atoms with Gasteiger partial charge < -0.3 is 0 Å². The number of carbonyl (C=O) groups is 1. The first-order valence-electron chi connectivity index (χ1n) is 3.81. The summed E-state index contributed by atoms with van der Waals surface area (Å²) < 4.78 is 0. The third-order valence-electron chi connectivity index (χ3n) is 1.63. The van der Waals surface area contributed by atoms with Gasteiger partial charge in [0.05, 0.1) is 0 Å². The zero-order chi connectivity index (χ0) is 8.27. The lowest BCUT2D eigenvalue weighted by Crippen LogP contribution is -1.97. The van der Waals surface area contributed by atoms with E-state index >= 15 is 0 Å². The summed E-state index contributed by atoms with van der Waals surface area (Å²) in [6, 6.07) is 0. The molecule has 1 heterocycles. The molecule has 11 heavy (non-hydrogen) atoms. The molecule has 0 N–H and O–H groups in total. The van der Waals surface area contributed by atoms with Gasteiger partial charge in [-0.1, -0.05) is 6.92 Å². The maximum Gasteiger partial charge on any atom is 0.163 e. The van der Waals surface area contributed by atoms with Gasteiger partial charge in [-0.25, -0.2) is 0 Å². The molecule has 0 bridgehead atoms. The molecule has 0 aliphatic rings. The van der Waals surface area contributed by atoms with Crippen LogP contribution in [0.5, 0.6) is 0 Å². The summed E-state index contributed by atoms with van der Waals surface area (Å²) in [5, 5.41) is 3.95. The number of thiophene rings is 1. The van der Waals surface area contributed by atoms with Crippen molar-refractivity contribution in [3.63, 3.8) is 0 Å². The minimum absolute atomic E-state index is 0.284. The molecule has 1 rings (SSSR count). The second-order valence-corrected chi connectivity index (χ2v) is 3.39.